The van der Waals surface area contributed by atoms with E-state index >= 15 is 0 Å². The summed E-state index contributed by atoms with van der Waals surface area (Å²) < 4.78 is 54.9. The number of hydrogen-bond donors (Lipinski definition) is 2. The van der Waals surface area contributed by atoms with E-state index in [1.807, 2.05) is 0 Å². The van der Waals surface area contributed by atoms with Crippen molar-refractivity contribution in [3.05, 3.63) is 96.0 Å². The van der Waals surface area contributed by atoms with E-state index in [1.54, 1.807) is 24.3 Å². The van der Waals surface area contributed by atoms with Crippen molar-refractivity contribution in [3.8, 4) is 0 Å². The minimum atomic E-state index is -3.62. The topological polar surface area (TPSA) is 110 Å². The molecular weight excluding hydrogens is 490 g/mol. The number of hydrazine groups is 1. The van der Waals surface area contributed by atoms with Gasteiger partial charge < -0.3 is 5.11 Å². The molecule has 1 unspecified atom stereocenters. The Kier molecular flexibility index (Phi) is 6.69. The number of benzene rings is 2. The van der Waals surface area contributed by atoms with Crippen molar-refractivity contribution in [1.29, 1.82) is 0 Å². The van der Waals surface area contributed by atoms with Gasteiger partial charge in [-0.2, -0.15) is 0 Å². The number of nitrogens with one attached hydrogen (secondary N) is 1. The number of rotatable bonds is 7. The van der Waals surface area contributed by atoms with Crippen LogP contribution in [0.25, 0.3) is 5.57 Å². The summed E-state index contributed by atoms with van der Waals surface area (Å²) in [7, 11) is -3.62. The van der Waals surface area contributed by atoms with Crippen LogP contribution in [0.1, 0.15) is 11.1 Å². The summed E-state index contributed by atoms with van der Waals surface area (Å²) in [5, 5.41) is 18.4. The summed E-state index contributed by atoms with van der Waals surface area (Å²) in [5.74, 6) is 0.875. The molecule has 0 fully saturated rings. The molecule has 184 valence electrons. The van der Waals surface area contributed by atoms with E-state index in [9.17, 15) is 22.3 Å². The first-order valence-corrected chi connectivity index (χ1v) is 12.2. The fourth-order valence-electron chi connectivity index (χ4n) is 3.55. The number of hydrazone groups is 1. The molecular formula is C24H20F2N6O3S. The van der Waals surface area contributed by atoms with Gasteiger partial charge in [-0.1, -0.05) is 24.4 Å². The first-order chi connectivity index (χ1) is 17.0. The van der Waals surface area contributed by atoms with E-state index in [0.717, 1.165) is 18.4 Å². The van der Waals surface area contributed by atoms with Crippen LogP contribution in [-0.4, -0.2) is 49.4 Å². The van der Waals surface area contributed by atoms with Crippen LogP contribution in [0, 0.1) is 11.6 Å². The maximum atomic E-state index is 14.8. The zero-order chi connectivity index (χ0) is 25.9. The van der Waals surface area contributed by atoms with E-state index in [1.165, 1.54) is 34.8 Å². The average Bonchev–Trinajstić information content (AvgIpc) is 2.83. The number of sulfonamides is 1. The van der Waals surface area contributed by atoms with E-state index in [4.69, 9.17) is 0 Å². The molecule has 2 aromatic rings. The Labute approximate surface area is 206 Å². The maximum Gasteiger partial charge on any atom is 0.252 e. The molecule has 0 aliphatic carbocycles. The molecule has 1 atom stereocenters. The first-order valence-electron chi connectivity index (χ1n) is 10.4. The minimum absolute atomic E-state index is 0.0763. The summed E-state index contributed by atoms with van der Waals surface area (Å²) in [4.78, 5) is 3.90. The molecule has 12 heteroatoms. The van der Waals surface area contributed by atoms with Crippen LogP contribution in [0.4, 0.5) is 14.5 Å². The molecule has 2 heterocycles. The normalized spacial score (nSPS) is 17.4. The predicted molar refractivity (Wildman–Crippen MR) is 133 cm³/mol. The Morgan fingerprint density at radius 3 is 2.64 bits per heavy atom. The van der Waals surface area contributed by atoms with Gasteiger partial charge >= 0.3 is 0 Å². The van der Waals surface area contributed by atoms with E-state index in [2.05, 4.69) is 38.1 Å². The number of aliphatic imine (C=N–C) groups is 1. The van der Waals surface area contributed by atoms with Gasteiger partial charge in [-0.3, -0.25) is 10.4 Å². The molecule has 0 bridgehead atoms. The second-order valence-electron chi connectivity index (χ2n) is 7.86. The van der Waals surface area contributed by atoms with Gasteiger partial charge in [0, 0.05) is 23.6 Å². The van der Waals surface area contributed by atoms with Crippen LogP contribution in [0.5, 0.6) is 0 Å². The SMILES string of the molecule is C=C(c1ccc(N2C=C=CC(=NS(C)(=O)=O)N2)cc1)C(O)(CN1C=NC=C=N1)c1ccc(F)cc1F. The molecule has 2 aliphatic heterocycles. The van der Waals surface area contributed by atoms with Crippen LogP contribution in [0.3, 0.4) is 0 Å². The highest BCUT2D eigenvalue weighted by Gasteiger charge is 2.38. The van der Waals surface area contributed by atoms with Crippen molar-refractivity contribution in [2.24, 2.45) is 14.5 Å². The number of amidine groups is 1. The number of aliphatic hydroxyl groups is 1. The van der Waals surface area contributed by atoms with Crippen molar-refractivity contribution in [2.45, 2.75) is 5.60 Å². The van der Waals surface area contributed by atoms with Crippen LogP contribution >= 0.6 is 0 Å². The van der Waals surface area contributed by atoms with Crippen molar-refractivity contribution < 1.29 is 22.3 Å². The molecule has 2 aliphatic rings. The number of β-amino-alcohol motifs (C(OH)–C–C–N with tert-alkyl or cyclic N) is 1. The summed E-state index contributed by atoms with van der Waals surface area (Å²) >= 11 is 0. The van der Waals surface area contributed by atoms with Gasteiger partial charge in [0.25, 0.3) is 10.0 Å². The third-order valence-corrected chi connectivity index (χ3v) is 5.73. The lowest BCUT2D eigenvalue weighted by Crippen LogP contribution is -2.40. The number of halogens is 2. The number of hydrogen-bond acceptors (Lipinski definition) is 7. The molecule has 0 spiro atoms. The van der Waals surface area contributed by atoms with Crippen molar-refractivity contribution >= 4 is 39.3 Å². The Morgan fingerprint density at radius 1 is 1.25 bits per heavy atom. The summed E-state index contributed by atoms with van der Waals surface area (Å²) in [6.07, 6.45) is 6.55. The lowest BCUT2D eigenvalue weighted by atomic mass is 9.82. The maximum absolute atomic E-state index is 14.8. The van der Waals surface area contributed by atoms with Gasteiger partial charge in [-0.25, -0.2) is 27.2 Å². The van der Waals surface area contributed by atoms with E-state index in [0.29, 0.717) is 17.3 Å². The number of nitrogens with zero attached hydrogens (tertiary/aromatic N) is 5. The summed E-state index contributed by atoms with van der Waals surface area (Å²) in [6.45, 7) is 3.73. The van der Waals surface area contributed by atoms with Gasteiger partial charge in [0.15, 0.2) is 5.84 Å². The third kappa shape index (κ3) is 5.48. The fraction of sp³-hybridized carbons (Fsp3) is 0.125. The fourth-order valence-corrected chi connectivity index (χ4v) is 4.00. The molecule has 0 radical (unpaired) electrons. The lowest BCUT2D eigenvalue weighted by Gasteiger charge is -2.34. The lowest BCUT2D eigenvalue weighted by molar-refractivity contribution is 0.0725. The molecule has 0 amide bonds. The Hall–Kier alpha value is -4.34. The number of anilines is 1. The smallest absolute Gasteiger partial charge is 0.252 e. The first kappa shape index (κ1) is 24.8. The van der Waals surface area contributed by atoms with E-state index in [-0.39, 0.29) is 23.5 Å². The van der Waals surface area contributed by atoms with Gasteiger partial charge in [0.05, 0.1) is 30.9 Å². The molecule has 9 nitrogen and oxygen atoms in total. The second kappa shape index (κ2) is 9.73. The highest BCUT2D eigenvalue weighted by atomic mass is 32.2. The van der Waals surface area contributed by atoms with Gasteiger partial charge in [-0.15, -0.1) is 9.50 Å². The van der Waals surface area contributed by atoms with Crippen molar-refractivity contribution in [1.82, 2.24) is 10.4 Å². The van der Waals surface area contributed by atoms with Crippen molar-refractivity contribution in [3.63, 3.8) is 0 Å². The monoisotopic (exact) mass is 510 g/mol. The van der Waals surface area contributed by atoms with Gasteiger partial charge in [-0.05, 0) is 35.4 Å². The predicted octanol–water partition coefficient (Wildman–Crippen LogP) is 2.66. The molecule has 36 heavy (non-hydrogen) atoms. The Balaban J connectivity index is 1.65. The molecule has 0 aromatic heterocycles. The van der Waals surface area contributed by atoms with Crippen LogP contribution in [-0.2, 0) is 15.6 Å². The average molecular weight is 511 g/mol. The third-order valence-electron chi connectivity index (χ3n) is 5.20. The molecule has 4 rings (SSSR count). The summed E-state index contributed by atoms with van der Waals surface area (Å²) in [5.41, 5.74) is 4.58. The zero-order valence-electron chi connectivity index (χ0n) is 18.9. The van der Waals surface area contributed by atoms with Crippen LogP contribution < -0.4 is 10.4 Å². The quantitative estimate of drug-likeness (QED) is 0.555. The molecule has 0 saturated heterocycles. The highest BCUT2D eigenvalue weighted by molar-refractivity contribution is 7.89. The Morgan fingerprint density at radius 2 is 2.00 bits per heavy atom. The van der Waals surface area contributed by atoms with Crippen molar-refractivity contribution in [2.75, 3.05) is 17.8 Å². The Bertz CT molecular complexity index is 1500. The van der Waals surface area contributed by atoms with Gasteiger partial charge in [0.1, 0.15) is 23.6 Å². The minimum Gasteiger partial charge on any atom is -0.378 e. The zero-order valence-corrected chi connectivity index (χ0v) is 19.7. The largest absolute Gasteiger partial charge is 0.378 e. The molecule has 2 N–H and O–H groups in total. The van der Waals surface area contributed by atoms with Crippen LogP contribution in [0.2, 0.25) is 0 Å². The van der Waals surface area contributed by atoms with Crippen LogP contribution in [0.15, 0.2) is 87.7 Å². The standard InChI is InChI=1S/C24H20F2N6O3S/c1-17(18-5-8-20(9-6-18)32-13-3-4-23(29-32)30-36(2,34)35)24(33,15-31-16-27-11-12-28-31)21-10-7-19(25)14-22(21)26/h4-11,13-14,16,33H,1,15H2,2H3,(H,29,30). The summed E-state index contributed by atoms with van der Waals surface area (Å²) in [6, 6.07) is 9.49. The van der Waals surface area contributed by atoms with Gasteiger partial charge in [0.2, 0.25) is 0 Å². The molecule has 2 aromatic carbocycles. The second-order valence-corrected chi connectivity index (χ2v) is 9.51. The van der Waals surface area contributed by atoms with E-state index < -0.39 is 27.3 Å². The highest BCUT2D eigenvalue weighted by Crippen LogP contribution is 2.38. The molecule has 0 saturated carbocycles.